The topological polar surface area (TPSA) is 44.1 Å². The van der Waals surface area contributed by atoms with Crippen LogP contribution < -0.4 is 0 Å². The second-order valence-electron chi connectivity index (χ2n) is 4.11. The molecular formula is C13H14Cl2N2O2. The maximum atomic E-state index is 11.7. The number of alkyl halides is 1. The Balaban J connectivity index is 2.50. The molecule has 1 heterocycles. The van der Waals surface area contributed by atoms with Crippen LogP contribution in [0.4, 0.5) is 0 Å². The highest BCUT2D eigenvalue weighted by Gasteiger charge is 2.17. The first-order valence-electron chi connectivity index (χ1n) is 5.98. The van der Waals surface area contributed by atoms with Gasteiger partial charge in [-0.1, -0.05) is 11.6 Å². The third-order valence-electron chi connectivity index (χ3n) is 2.69. The van der Waals surface area contributed by atoms with Crippen molar-refractivity contribution >= 4 is 40.2 Å². The van der Waals surface area contributed by atoms with Gasteiger partial charge in [0, 0.05) is 5.02 Å². The minimum Gasteiger partial charge on any atom is -0.465 e. The van der Waals surface area contributed by atoms with Crippen LogP contribution in [0.3, 0.4) is 0 Å². The number of carbonyl (C=O) groups excluding carboxylic acids is 1. The van der Waals surface area contributed by atoms with Crippen LogP contribution in [0, 0.1) is 0 Å². The van der Waals surface area contributed by atoms with Gasteiger partial charge in [0.1, 0.15) is 12.4 Å². The first-order valence-corrected chi connectivity index (χ1v) is 6.79. The van der Waals surface area contributed by atoms with Crippen molar-refractivity contribution in [2.75, 3.05) is 6.61 Å². The lowest BCUT2D eigenvalue weighted by Gasteiger charge is -2.09. The number of rotatable bonds is 4. The van der Waals surface area contributed by atoms with E-state index in [0.717, 1.165) is 11.0 Å². The number of hydrogen-bond donors (Lipinski definition) is 0. The molecule has 0 fully saturated rings. The van der Waals surface area contributed by atoms with E-state index in [1.807, 2.05) is 13.0 Å². The SMILES string of the molecule is CCOC(=O)Cn1c(C(C)Cl)nc2ccc(Cl)cc21. The monoisotopic (exact) mass is 300 g/mol. The summed E-state index contributed by atoms with van der Waals surface area (Å²) in [6.07, 6.45) is 0. The lowest BCUT2D eigenvalue weighted by atomic mass is 10.3. The van der Waals surface area contributed by atoms with Crippen molar-refractivity contribution in [3.63, 3.8) is 0 Å². The first-order chi connectivity index (χ1) is 9.02. The van der Waals surface area contributed by atoms with Gasteiger partial charge in [0.2, 0.25) is 0 Å². The Kier molecular flexibility index (Phi) is 4.32. The molecular weight excluding hydrogens is 287 g/mol. The summed E-state index contributed by atoms with van der Waals surface area (Å²) in [5.41, 5.74) is 1.54. The molecule has 1 unspecified atom stereocenters. The lowest BCUT2D eigenvalue weighted by Crippen LogP contribution is -2.15. The van der Waals surface area contributed by atoms with E-state index in [9.17, 15) is 4.79 Å². The summed E-state index contributed by atoms with van der Waals surface area (Å²) in [5.74, 6) is 0.312. The normalized spacial score (nSPS) is 12.6. The Morgan fingerprint density at radius 2 is 2.26 bits per heavy atom. The van der Waals surface area contributed by atoms with Crippen LogP contribution >= 0.6 is 23.2 Å². The number of esters is 1. The van der Waals surface area contributed by atoms with E-state index in [1.165, 1.54) is 0 Å². The largest absolute Gasteiger partial charge is 0.465 e. The third kappa shape index (κ3) is 3.01. The van der Waals surface area contributed by atoms with Crippen LogP contribution in [0.2, 0.25) is 5.02 Å². The quantitative estimate of drug-likeness (QED) is 0.640. The minimum absolute atomic E-state index is 0.0804. The molecule has 1 aromatic heterocycles. The molecule has 1 aromatic carbocycles. The van der Waals surface area contributed by atoms with E-state index in [4.69, 9.17) is 27.9 Å². The number of ether oxygens (including phenoxy) is 1. The average molecular weight is 301 g/mol. The molecule has 0 saturated carbocycles. The molecule has 102 valence electrons. The fraction of sp³-hybridized carbons (Fsp3) is 0.385. The van der Waals surface area contributed by atoms with Gasteiger partial charge in [-0.3, -0.25) is 4.79 Å². The van der Waals surface area contributed by atoms with Gasteiger partial charge in [0.05, 0.1) is 23.0 Å². The van der Waals surface area contributed by atoms with Crippen molar-refractivity contribution in [2.45, 2.75) is 25.8 Å². The molecule has 0 spiro atoms. The number of aromatic nitrogens is 2. The summed E-state index contributed by atoms with van der Waals surface area (Å²) in [7, 11) is 0. The van der Waals surface area contributed by atoms with E-state index in [2.05, 4.69) is 4.98 Å². The summed E-state index contributed by atoms with van der Waals surface area (Å²) < 4.78 is 6.71. The van der Waals surface area contributed by atoms with Gasteiger partial charge in [-0.05, 0) is 32.0 Å². The molecule has 0 bridgehead atoms. The van der Waals surface area contributed by atoms with Gasteiger partial charge in [-0.2, -0.15) is 0 Å². The molecule has 19 heavy (non-hydrogen) atoms. The molecule has 6 heteroatoms. The number of halogens is 2. The van der Waals surface area contributed by atoms with Crippen LogP contribution in [0.15, 0.2) is 18.2 Å². The van der Waals surface area contributed by atoms with Gasteiger partial charge in [0.25, 0.3) is 0 Å². The average Bonchev–Trinajstić information content (AvgIpc) is 2.68. The van der Waals surface area contributed by atoms with Crippen LogP contribution in [0.5, 0.6) is 0 Å². The summed E-state index contributed by atoms with van der Waals surface area (Å²) in [6, 6.07) is 5.34. The van der Waals surface area contributed by atoms with E-state index in [1.54, 1.807) is 23.6 Å². The van der Waals surface area contributed by atoms with Gasteiger partial charge >= 0.3 is 5.97 Å². The highest BCUT2D eigenvalue weighted by Crippen LogP contribution is 2.26. The van der Waals surface area contributed by atoms with Crippen molar-refractivity contribution < 1.29 is 9.53 Å². The fourth-order valence-electron chi connectivity index (χ4n) is 1.92. The number of imidazole rings is 1. The lowest BCUT2D eigenvalue weighted by molar-refractivity contribution is -0.143. The Labute approximate surface area is 121 Å². The van der Waals surface area contributed by atoms with Crippen molar-refractivity contribution in [2.24, 2.45) is 0 Å². The molecule has 0 radical (unpaired) electrons. The molecule has 0 N–H and O–H groups in total. The second-order valence-corrected chi connectivity index (χ2v) is 5.20. The number of hydrogen-bond acceptors (Lipinski definition) is 3. The molecule has 0 saturated heterocycles. The van der Waals surface area contributed by atoms with Crippen LogP contribution in [-0.4, -0.2) is 22.1 Å². The van der Waals surface area contributed by atoms with Crippen molar-refractivity contribution in [3.8, 4) is 0 Å². The van der Waals surface area contributed by atoms with Crippen LogP contribution in [0.1, 0.15) is 25.0 Å². The fourth-order valence-corrected chi connectivity index (χ4v) is 2.25. The van der Waals surface area contributed by atoms with Gasteiger partial charge in [-0.25, -0.2) is 4.98 Å². The Bertz CT molecular complexity index is 608. The van der Waals surface area contributed by atoms with Crippen LogP contribution in [0.25, 0.3) is 11.0 Å². The van der Waals surface area contributed by atoms with E-state index >= 15 is 0 Å². The molecule has 2 aromatic rings. The number of fused-ring (bicyclic) bond motifs is 1. The highest BCUT2D eigenvalue weighted by atomic mass is 35.5. The zero-order valence-corrected chi connectivity index (χ0v) is 12.2. The molecule has 0 aliphatic rings. The molecule has 0 amide bonds. The summed E-state index contributed by atoms with van der Waals surface area (Å²) in [6.45, 7) is 4.01. The van der Waals surface area contributed by atoms with Crippen molar-refractivity contribution in [3.05, 3.63) is 29.0 Å². The van der Waals surface area contributed by atoms with Crippen LogP contribution in [-0.2, 0) is 16.1 Å². The number of carbonyl (C=O) groups is 1. The first kappa shape index (κ1) is 14.2. The molecule has 1 atom stereocenters. The second kappa shape index (κ2) is 5.80. The smallest absolute Gasteiger partial charge is 0.326 e. The van der Waals surface area contributed by atoms with Crippen molar-refractivity contribution in [1.82, 2.24) is 9.55 Å². The highest BCUT2D eigenvalue weighted by molar-refractivity contribution is 6.31. The Morgan fingerprint density at radius 3 is 2.89 bits per heavy atom. The maximum absolute atomic E-state index is 11.7. The van der Waals surface area contributed by atoms with E-state index in [0.29, 0.717) is 17.5 Å². The molecule has 0 aliphatic heterocycles. The predicted molar refractivity (Wildman–Crippen MR) is 75.6 cm³/mol. The standard InChI is InChI=1S/C13H14Cl2N2O2/c1-3-19-12(18)7-17-11-6-9(15)4-5-10(11)16-13(17)8(2)14/h4-6,8H,3,7H2,1-2H3. The van der Waals surface area contributed by atoms with Gasteiger partial charge in [0.15, 0.2) is 0 Å². The molecule has 0 aliphatic carbocycles. The molecule has 4 nitrogen and oxygen atoms in total. The minimum atomic E-state index is -0.319. The van der Waals surface area contributed by atoms with Crippen molar-refractivity contribution in [1.29, 1.82) is 0 Å². The van der Waals surface area contributed by atoms with E-state index < -0.39 is 0 Å². The Morgan fingerprint density at radius 1 is 1.53 bits per heavy atom. The summed E-state index contributed by atoms with van der Waals surface area (Å²) in [5, 5.41) is 0.284. The zero-order chi connectivity index (χ0) is 14.0. The van der Waals surface area contributed by atoms with E-state index in [-0.39, 0.29) is 17.9 Å². The maximum Gasteiger partial charge on any atom is 0.326 e. The summed E-state index contributed by atoms with van der Waals surface area (Å²) >= 11 is 12.1. The Hall–Kier alpha value is -1.26. The van der Waals surface area contributed by atoms with Gasteiger partial charge in [-0.15, -0.1) is 11.6 Å². The zero-order valence-electron chi connectivity index (χ0n) is 10.7. The number of benzene rings is 1. The predicted octanol–water partition coefficient (Wildman–Crippen LogP) is 3.55. The van der Waals surface area contributed by atoms with Gasteiger partial charge < -0.3 is 9.30 Å². The molecule has 2 rings (SSSR count). The number of nitrogens with zero attached hydrogens (tertiary/aromatic N) is 2. The third-order valence-corrected chi connectivity index (χ3v) is 3.12. The summed E-state index contributed by atoms with van der Waals surface area (Å²) in [4.78, 5) is 16.1.